The summed E-state index contributed by atoms with van der Waals surface area (Å²) in [5.41, 5.74) is 11.6. The van der Waals surface area contributed by atoms with Crippen molar-refractivity contribution in [3.63, 3.8) is 0 Å². The molecule has 2 aliphatic rings. The molecule has 6 N–H and O–H groups in total. The van der Waals surface area contributed by atoms with E-state index < -0.39 is 12.1 Å². The molecule has 1 saturated carbocycles. The predicted octanol–water partition coefficient (Wildman–Crippen LogP) is 0.744. The molecular formula is C17H25F2N5. The molecule has 0 bridgehead atoms. The van der Waals surface area contributed by atoms with Gasteiger partial charge in [-0.2, -0.15) is 0 Å². The maximum Gasteiger partial charge on any atom is 0.280 e. The van der Waals surface area contributed by atoms with Crippen LogP contribution in [0.25, 0.3) is 12.3 Å². The number of hydrogen-bond donors (Lipinski definition) is 4. The largest absolute Gasteiger partial charge is 0.369 e. The SMILES string of the molecule is CC(C)Nc1nc(C(F)F)cc2c1=CC(N)([C@H]1CC[C@H](N)C1)NC=2. The van der Waals surface area contributed by atoms with E-state index in [0.717, 1.165) is 24.5 Å². The molecule has 1 aromatic rings. The zero-order valence-electron chi connectivity index (χ0n) is 14.0. The molecule has 1 aliphatic heterocycles. The summed E-state index contributed by atoms with van der Waals surface area (Å²) in [4.78, 5) is 4.11. The molecule has 132 valence electrons. The maximum absolute atomic E-state index is 13.1. The van der Waals surface area contributed by atoms with E-state index in [4.69, 9.17) is 11.5 Å². The second-order valence-electron chi connectivity index (χ2n) is 7.13. The van der Waals surface area contributed by atoms with Crippen molar-refractivity contribution >= 4 is 18.1 Å². The molecular weight excluding hydrogens is 312 g/mol. The normalized spacial score (nSPS) is 29.0. The van der Waals surface area contributed by atoms with Crippen molar-refractivity contribution in [3.8, 4) is 0 Å². The van der Waals surface area contributed by atoms with Gasteiger partial charge in [0.05, 0.1) is 0 Å². The Hall–Kier alpha value is -1.73. The van der Waals surface area contributed by atoms with Gasteiger partial charge >= 0.3 is 0 Å². The Bertz CT molecular complexity index is 733. The van der Waals surface area contributed by atoms with E-state index in [1.807, 2.05) is 19.9 Å². The van der Waals surface area contributed by atoms with Gasteiger partial charge in [-0.15, -0.1) is 0 Å². The van der Waals surface area contributed by atoms with Crippen LogP contribution in [-0.2, 0) is 0 Å². The van der Waals surface area contributed by atoms with Crippen molar-refractivity contribution in [3.05, 3.63) is 22.2 Å². The summed E-state index contributed by atoms with van der Waals surface area (Å²) in [5, 5.41) is 7.81. The Morgan fingerprint density at radius 1 is 1.38 bits per heavy atom. The molecule has 2 heterocycles. The zero-order chi connectivity index (χ0) is 17.5. The smallest absolute Gasteiger partial charge is 0.280 e. The molecule has 1 aromatic heterocycles. The highest BCUT2D eigenvalue weighted by Crippen LogP contribution is 2.32. The van der Waals surface area contributed by atoms with Crippen LogP contribution in [-0.4, -0.2) is 22.7 Å². The van der Waals surface area contributed by atoms with Crippen LogP contribution in [0.3, 0.4) is 0 Å². The van der Waals surface area contributed by atoms with E-state index >= 15 is 0 Å². The van der Waals surface area contributed by atoms with Crippen LogP contribution in [0.15, 0.2) is 6.07 Å². The first-order chi connectivity index (χ1) is 11.3. The lowest BCUT2D eigenvalue weighted by Crippen LogP contribution is -2.59. The minimum atomic E-state index is -2.62. The van der Waals surface area contributed by atoms with Gasteiger partial charge in [-0.3, -0.25) is 0 Å². The number of alkyl halides is 2. The molecule has 1 fully saturated rings. The number of hydrogen-bond acceptors (Lipinski definition) is 5. The van der Waals surface area contributed by atoms with Crippen molar-refractivity contribution < 1.29 is 8.78 Å². The molecule has 1 aliphatic carbocycles. The van der Waals surface area contributed by atoms with Gasteiger partial charge in [0.15, 0.2) is 0 Å². The quantitative estimate of drug-likeness (QED) is 0.651. The second kappa shape index (κ2) is 6.29. The Morgan fingerprint density at radius 2 is 2.12 bits per heavy atom. The van der Waals surface area contributed by atoms with E-state index in [1.54, 1.807) is 6.20 Å². The van der Waals surface area contributed by atoms with Gasteiger partial charge < -0.3 is 22.1 Å². The minimum absolute atomic E-state index is 0.0740. The van der Waals surface area contributed by atoms with Gasteiger partial charge in [0.2, 0.25) is 0 Å². The minimum Gasteiger partial charge on any atom is -0.369 e. The fraction of sp³-hybridized carbons (Fsp3) is 0.588. The standard InChI is InChI=1S/C17H25F2N5/c1-9(2)23-16-13-7-17(21,11-3-4-12(20)6-11)22-8-10(13)5-14(24-16)15(18)19/h5,7-9,11-12,15,22H,3-4,6,20-21H2,1-2H3,(H,23,24)/t11-,12-,17?/m0/s1. The lowest BCUT2D eigenvalue weighted by atomic mass is 9.88. The summed E-state index contributed by atoms with van der Waals surface area (Å²) in [5.74, 6) is 0.659. The van der Waals surface area contributed by atoms with Crippen molar-refractivity contribution in [2.45, 2.75) is 57.3 Å². The van der Waals surface area contributed by atoms with Crippen LogP contribution in [0.4, 0.5) is 14.6 Å². The maximum atomic E-state index is 13.1. The summed E-state index contributed by atoms with van der Waals surface area (Å²) in [7, 11) is 0. The molecule has 3 atom stereocenters. The van der Waals surface area contributed by atoms with Crippen LogP contribution in [0.1, 0.15) is 45.2 Å². The molecule has 5 nitrogen and oxygen atoms in total. The van der Waals surface area contributed by atoms with Crippen LogP contribution >= 0.6 is 0 Å². The average molecular weight is 337 g/mol. The van der Waals surface area contributed by atoms with Gasteiger partial charge in [0.25, 0.3) is 6.43 Å². The van der Waals surface area contributed by atoms with Crippen molar-refractivity contribution in [2.75, 3.05) is 5.32 Å². The highest BCUT2D eigenvalue weighted by molar-refractivity contribution is 5.55. The number of fused-ring (bicyclic) bond motifs is 1. The number of aromatic nitrogens is 1. The fourth-order valence-corrected chi connectivity index (χ4v) is 3.53. The first-order valence-corrected chi connectivity index (χ1v) is 8.39. The predicted molar refractivity (Wildman–Crippen MR) is 91.5 cm³/mol. The van der Waals surface area contributed by atoms with Crippen LogP contribution in [0, 0.1) is 5.92 Å². The van der Waals surface area contributed by atoms with E-state index in [1.165, 1.54) is 6.07 Å². The summed E-state index contributed by atoms with van der Waals surface area (Å²) in [6, 6.07) is 1.65. The fourth-order valence-electron chi connectivity index (χ4n) is 3.53. The van der Waals surface area contributed by atoms with Crippen LogP contribution in [0.2, 0.25) is 0 Å². The first kappa shape index (κ1) is 17.1. The average Bonchev–Trinajstić information content (AvgIpc) is 2.94. The van der Waals surface area contributed by atoms with Gasteiger partial charge in [0, 0.05) is 34.6 Å². The summed E-state index contributed by atoms with van der Waals surface area (Å²) >= 11 is 0. The number of nitrogens with two attached hydrogens (primary N) is 2. The molecule has 3 rings (SSSR count). The van der Waals surface area contributed by atoms with Crippen molar-refractivity contribution in [1.82, 2.24) is 10.3 Å². The van der Waals surface area contributed by atoms with Crippen molar-refractivity contribution in [1.29, 1.82) is 0 Å². The molecule has 7 heteroatoms. The van der Waals surface area contributed by atoms with Crippen LogP contribution < -0.4 is 32.5 Å². The highest BCUT2D eigenvalue weighted by atomic mass is 19.3. The Kier molecular flexibility index (Phi) is 4.48. The lowest BCUT2D eigenvalue weighted by molar-refractivity contribution is 0.146. The van der Waals surface area contributed by atoms with Gasteiger partial charge in [-0.25, -0.2) is 13.8 Å². The highest BCUT2D eigenvalue weighted by Gasteiger charge is 2.38. The molecule has 0 radical (unpaired) electrons. The monoisotopic (exact) mass is 337 g/mol. The van der Waals surface area contributed by atoms with Gasteiger partial charge in [0.1, 0.15) is 17.2 Å². The third-order valence-electron chi connectivity index (χ3n) is 4.77. The Morgan fingerprint density at radius 3 is 2.71 bits per heavy atom. The third kappa shape index (κ3) is 3.23. The lowest BCUT2D eigenvalue weighted by Gasteiger charge is -2.35. The Labute approximate surface area is 140 Å². The molecule has 1 unspecified atom stereocenters. The van der Waals surface area contributed by atoms with E-state index in [9.17, 15) is 8.78 Å². The molecule has 0 spiro atoms. The molecule has 24 heavy (non-hydrogen) atoms. The number of pyridine rings is 1. The van der Waals surface area contributed by atoms with Crippen LogP contribution in [0.5, 0.6) is 0 Å². The summed E-state index contributed by atoms with van der Waals surface area (Å²) < 4.78 is 26.2. The summed E-state index contributed by atoms with van der Waals surface area (Å²) in [6.45, 7) is 3.89. The number of anilines is 1. The molecule has 0 saturated heterocycles. The van der Waals surface area contributed by atoms with E-state index in [0.29, 0.717) is 11.0 Å². The Balaban J connectivity index is 2.09. The molecule has 0 amide bonds. The second-order valence-corrected chi connectivity index (χ2v) is 7.13. The van der Waals surface area contributed by atoms with E-state index in [-0.39, 0.29) is 23.7 Å². The number of nitrogens with zero attached hydrogens (tertiary/aromatic N) is 1. The topological polar surface area (TPSA) is 89.0 Å². The van der Waals surface area contributed by atoms with Gasteiger partial charge in [-0.05, 0) is 45.3 Å². The van der Waals surface area contributed by atoms with Gasteiger partial charge in [-0.1, -0.05) is 0 Å². The van der Waals surface area contributed by atoms with E-state index in [2.05, 4.69) is 15.6 Å². The first-order valence-electron chi connectivity index (χ1n) is 8.39. The number of nitrogens with one attached hydrogen (secondary N) is 2. The third-order valence-corrected chi connectivity index (χ3v) is 4.77. The molecule has 0 aromatic carbocycles. The number of halogens is 2. The number of rotatable bonds is 4. The zero-order valence-corrected chi connectivity index (χ0v) is 14.0. The summed E-state index contributed by atoms with van der Waals surface area (Å²) in [6.07, 6.45) is 3.76. The van der Waals surface area contributed by atoms with Crippen molar-refractivity contribution in [2.24, 2.45) is 17.4 Å².